The fourth-order valence-corrected chi connectivity index (χ4v) is 5.65. The van der Waals surface area contributed by atoms with Crippen molar-refractivity contribution in [1.29, 1.82) is 0 Å². The SMILES string of the molecule is Oc1ccc(CCc2cc(Oc3cccc(CCc4cccc(O)c4)c3)cc(Oc3cccc(CCc4cccc(O)c4)c3)c2)cc1. The number of hydrogen-bond donors (Lipinski definition) is 3. The van der Waals surface area contributed by atoms with Crippen LogP contribution in [-0.4, -0.2) is 15.3 Å². The van der Waals surface area contributed by atoms with Gasteiger partial charge in [-0.15, -0.1) is 0 Å². The maximum atomic E-state index is 9.81. The van der Waals surface area contributed by atoms with Gasteiger partial charge in [0, 0.05) is 6.07 Å². The van der Waals surface area contributed by atoms with Crippen molar-refractivity contribution < 1.29 is 24.8 Å². The Morgan fingerprint density at radius 1 is 0.298 bits per heavy atom. The largest absolute Gasteiger partial charge is 0.508 e. The average molecular weight is 623 g/mol. The van der Waals surface area contributed by atoms with Gasteiger partial charge >= 0.3 is 0 Å². The van der Waals surface area contributed by atoms with Crippen LogP contribution in [0.5, 0.6) is 40.2 Å². The van der Waals surface area contributed by atoms with Gasteiger partial charge in [-0.05, 0) is 145 Å². The summed E-state index contributed by atoms with van der Waals surface area (Å²) in [6.07, 6.45) is 4.85. The average Bonchev–Trinajstić information content (AvgIpc) is 3.07. The highest BCUT2D eigenvalue weighted by Crippen LogP contribution is 2.32. The normalized spacial score (nSPS) is 10.9. The standard InChI is InChI=1S/C42H38O5/c43-36-21-19-30(20-22-36)13-18-35-27-41(46-39-11-3-7-33(25-39)16-14-31-5-1-9-37(44)23-31)29-42(28-35)47-40-12-4-8-34(26-40)17-15-32-6-2-10-38(45)24-32/h1-12,19-29,43-45H,13-18H2. The van der Waals surface area contributed by atoms with E-state index in [0.29, 0.717) is 11.5 Å². The molecule has 6 aromatic carbocycles. The molecular formula is C42H38O5. The topological polar surface area (TPSA) is 79.2 Å². The Labute approximate surface area is 276 Å². The minimum Gasteiger partial charge on any atom is -0.508 e. The summed E-state index contributed by atoms with van der Waals surface area (Å²) in [4.78, 5) is 0. The van der Waals surface area contributed by atoms with Crippen molar-refractivity contribution in [2.24, 2.45) is 0 Å². The van der Waals surface area contributed by atoms with Gasteiger partial charge in [0.1, 0.15) is 40.2 Å². The number of rotatable bonds is 13. The van der Waals surface area contributed by atoms with Crippen LogP contribution < -0.4 is 9.47 Å². The maximum Gasteiger partial charge on any atom is 0.131 e. The number of phenolic OH excluding ortho intramolecular Hbond substituents is 3. The van der Waals surface area contributed by atoms with Crippen LogP contribution in [0.25, 0.3) is 0 Å². The fourth-order valence-electron chi connectivity index (χ4n) is 5.65. The van der Waals surface area contributed by atoms with Gasteiger partial charge in [0.15, 0.2) is 0 Å². The first-order valence-corrected chi connectivity index (χ1v) is 15.9. The third-order valence-electron chi connectivity index (χ3n) is 8.07. The molecular weight excluding hydrogens is 584 g/mol. The lowest BCUT2D eigenvalue weighted by atomic mass is 10.0. The molecule has 0 saturated carbocycles. The van der Waals surface area contributed by atoms with Gasteiger partial charge in [0.25, 0.3) is 0 Å². The van der Waals surface area contributed by atoms with Crippen LogP contribution in [0.4, 0.5) is 0 Å². The number of ether oxygens (including phenoxy) is 2. The van der Waals surface area contributed by atoms with Gasteiger partial charge in [0.05, 0.1) is 0 Å². The van der Waals surface area contributed by atoms with Crippen LogP contribution in [0, 0.1) is 0 Å². The summed E-state index contributed by atoms with van der Waals surface area (Å²) in [7, 11) is 0. The summed E-state index contributed by atoms with van der Waals surface area (Å²) in [5.41, 5.74) is 6.67. The van der Waals surface area contributed by atoms with Crippen molar-refractivity contribution in [2.45, 2.75) is 38.5 Å². The van der Waals surface area contributed by atoms with Gasteiger partial charge in [-0.1, -0.05) is 60.7 Å². The Morgan fingerprint density at radius 3 is 1.15 bits per heavy atom. The lowest BCUT2D eigenvalue weighted by Gasteiger charge is -2.14. The van der Waals surface area contributed by atoms with Crippen molar-refractivity contribution in [1.82, 2.24) is 0 Å². The molecule has 0 aromatic heterocycles. The summed E-state index contributed by atoms with van der Waals surface area (Å²) in [5, 5.41) is 29.3. The predicted octanol–water partition coefficient (Wildman–Crippen LogP) is 9.74. The second-order valence-corrected chi connectivity index (χ2v) is 11.8. The van der Waals surface area contributed by atoms with Crippen molar-refractivity contribution >= 4 is 0 Å². The Kier molecular flexibility index (Phi) is 10.0. The summed E-state index contributed by atoms with van der Waals surface area (Å²) in [5.74, 6) is 3.68. The zero-order chi connectivity index (χ0) is 32.4. The molecule has 0 amide bonds. The lowest BCUT2D eigenvalue weighted by Crippen LogP contribution is -1.96. The van der Waals surface area contributed by atoms with E-state index in [1.54, 1.807) is 36.4 Å². The molecule has 0 saturated heterocycles. The van der Waals surface area contributed by atoms with Crippen molar-refractivity contribution in [3.05, 3.63) is 173 Å². The van der Waals surface area contributed by atoms with Crippen molar-refractivity contribution in [3.63, 3.8) is 0 Å². The highest BCUT2D eigenvalue weighted by atomic mass is 16.5. The molecule has 236 valence electrons. The minimum atomic E-state index is 0.258. The molecule has 0 heterocycles. The van der Waals surface area contributed by atoms with Crippen molar-refractivity contribution in [2.75, 3.05) is 0 Å². The second-order valence-electron chi connectivity index (χ2n) is 11.8. The quantitative estimate of drug-likeness (QED) is 0.120. The summed E-state index contributed by atoms with van der Waals surface area (Å²) in [6, 6.07) is 44.3. The molecule has 47 heavy (non-hydrogen) atoms. The van der Waals surface area contributed by atoms with Crippen molar-refractivity contribution in [3.8, 4) is 40.2 Å². The van der Waals surface area contributed by atoms with E-state index in [1.807, 2.05) is 66.7 Å². The number of benzene rings is 6. The zero-order valence-corrected chi connectivity index (χ0v) is 26.2. The molecule has 0 fully saturated rings. The van der Waals surface area contributed by atoms with E-state index in [9.17, 15) is 15.3 Å². The molecule has 0 aliphatic rings. The minimum absolute atomic E-state index is 0.258. The smallest absolute Gasteiger partial charge is 0.131 e. The first kappa shape index (κ1) is 31.3. The Hall–Kier alpha value is -5.68. The van der Waals surface area contributed by atoms with Crippen LogP contribution in [0.1, 0.15) is 33.4 Å². The number of phenols is 3. The fraction of sp³-hybridized carbons (Fsp3) is 0.143. The third kappa shape index (κ3) is 9.41. The second kappa shape index (κ2) is 15.1. The molecule has 6 rings (SSSR count). The molecule has 5 nitrogen and oxygen atoms in total. The first-order chi connectivity index (χ1) is 22.9. The molecule has 0 spiro atoms. The molecule has 0 unspecified atom stereocenters. The molecule has 0 aliphatic heterocycles. The van der Waals surface area contributed by atoms with Gasteiger partial charge in [-0.25, -0.2) is 0 Å². The van der Waals surface area contributed by atoms with Gasteiger partial charge < -0.3 is 24.8 Å². The number of aryl methyl sites for hydroxylation is 6. The maximum absolute atomic E-state index is 9.81. The summed E-state index contributed by atoms with van der Waals surface area (Å²) >= 11 is 0. The molecule has 0 bridgehead atoms. The van der Waals surface area contributed by atoms with E-state index in [4.69, 9.17) is 9.47 Å². The molecule has 6 aromatic rings. The monoisotopic (exact) mass is 622 g/mol. The third-order valence-corrected chi connectivity index (χ3v) is 8.07. The van der Waals surface area contributed by atoms with E-state index >= 15 is 0 Å². The van der Waals surface area contributed by atoms with E-state index in [1.165, 1.54) is 0 Å². The van der Waals surface area contributed by atoms with Crippen LogP contribution in [0.3, 0.4) is 0 Å². The summed E-state index contributed by atoms with van der Waals surface area (Å²) in [6.45, 7) is 0. The lowest BCUT2D eigenvalue weighted by molar-refractivity contribution is 0.458. The molecule has 0 aliphatic carbocycles. The van der Waals surface area contributed by atoms with E-state index in [-0.39, 0.29) is 17.2 Å². The Balaban J connectivity index is 1.19. The van der Waals surface area contributed by atoms with E-state index < -0.39 is 0 Å². The number of aromatic hydroxyl groups is 3. The Morgan fingerprint density at radius 2 is 0.681 bits per heavy atom. The highest BCUT2D eigenvalue weighted by Gasteiger charge is 2.09. The van der Waals surface area contributed by atoms with Crippen LogP contribution in [0.15, 0.2) is 140 Å². The highest BCUT2D eigenvalue weighted by molar-refractivity contribution is 5.44. The van der Waals surface area contributed by atoms with E-state index in [2.05, 4.69) is 36.4 Å². The molecule has 0 atom stereocenters. The van der Waals surface area contributed by atoms with Crippen LogP contribution in [0.2, 0.25) is 0 Å². The summed E-state index contributed by atoms with van der Waals surface area (Å²) < 4.78 is 12.8. The van der Waals surface area contributed by atoms with Gasteiger partial charge in [-0.2, -0.15) is 0 Å². The van der Waals surface area contributed by atoms with Crippen LogP contribution >= 0.6 is 0 Å². The number of hydrogen-bond acceptors (Lipinski definition) is 5. The van der Waals surface area contributed by atoms with E-state index in [0.717, 1.165) is 83.4 Å². The molecule has 0 radical (unpaired) electrons. The molecule has 5 heteroatoms. The molecule has 3 N–H and O–H groups in total. The first-order valence-electron chi connectivity index (χ1n) is 15.9. The van der Waals surface area contributed by atoms with Crippen LogP contribution in [-0.2, 0) is 38.5 Å². The Bertz CT molecular complexity index is 1820. The van der Waals surface area contributed by atoms with Gasteiger partial charge in [-0.3, -0.25) is 0 Å². The zero-order valence-electron chi connectivity index (χ0n) is 26.2. The van der Waals surface area contributed by atoms with Gasteiger partial charge in [0.2, 0.25) is 0 Å². The predicted molar refractivity (Wildman–Crippen MR) is 186 cm³/mol.